The minimum absolute atomic E-state index is 0.0180. The largest absolute Gasteiger partial charge is 0.480 e. The molecule has 222 valence electrons. The normalized spacial score (nSPS) is 14.3. The lowest BCUT2D eigenvalue weighted by Crippen LogP contribution is -2.42. The van der Waals surface area contributed by atoms with Crippen molar-refractivity contribution in [3.8, 4) is 11.3 Å². The van der Waals surface area contributed by atoms with Gasteiger partial charge in [-0.05, 0) is 74.2 Å². The number of aliphatic carboxylic acids is 1. The maximum atomic E-state index is 15.2. The van der Waals surface area contributed by atoms with Gasteiger partial charge in [-0.1, -0.05) is 35.9 Å². The Balaban J connectivity index is 1.17. The predicted octanol–water partition coefficient (Wildman–Crippen LogP) is 5.38. The number of furan rings is 1. The van der Waals surface area contributed by atoms with Crippen molar-refractivity contribution in [3.05, 3.63) is 101 Å². The Kier molecular flexibility index (Phi) is 8.85. The highest BCUT2D eigenvalue weighted by atomic mass is 19.1. The fourth-order valence-corrected chi connectivity index (χ4v) is 5.15. The number of rotatable bonds is 9. The number of anilines is 2. The molecule has 43 heavy (non-hydrogen) atoms. The number of pyridine rings is 1. The van der Waals surface area contributed by atoms with Crippen LogP contribution in [0.5, 0.6) is 0 Å². The minimum atomic E-state index is -1.29. The second-order valence-corrected chi connectivity index (χ2v) is 10.9. The molecular weight excluding hydrogens is 551 g/mol. The first kappa shape index (κ1) is 29.5. The van der Waals surface area contributed by atoms with Crippen molar-refractivity contribution in [3.63, 3.8) is 0 Å². The lowest BCUT2D eigenvalue weighted by atomic mass is 9.95. The van der Waals surface area contributed by atoms with Crippen molar-refractivity contribution in [1.29, 1.82) is 0 Å². The second-order valence-electron chi connectivity index (χ2n) is 10.9. The number of amides is 2. The summed E-state index contributed by atoms with van der Waals surface area (Å²) in [5.74, 6) is -1.73. The predicted molar refractivity (Wildman–Crippen MR) is 160 cm³/mol. The maximum absolute atomic E-state index is 15.2. The van der Waals surface area contributed by atoms with Crippen molar-refractivity contribution in [2.24, 2.45) is 5.92 Å². The Morgan fingerprint density at radius 1 is 1.00 bits per heavy atom. The molecule has 3 heterocycles. The molecule has 2 aromatic heterocycles. The van der Waals surface area contributed by atoms with Crippen LogP contribution in [0.1, 0.15) is 40.1 Å². The third-order valence-electron chi connectivity index (χ3n) is 7.59. The number of hydrogen-bond donors (Lipinski definition) is 3. The maximum Gasteiger partial charge on any atom is 0.326 e. The van der Waals surface area contributed by atoms with Crippen LogP contribution in [0.2, 0.25) is 0 Å². The zero-order valence-corrected chi connectivity index (χ0v) is 24.0. The molecule has 10 heteroatoms. The number of benzene rings is 2. The average Bonchev–Trinajstić information content (AvgIpc) is 3.48. The lowest BCUT2D eigenvalue weighted by molar-refractivity contribution is -0.139. The number of aryl methyl sites for hydroxylation is 2. The zero-order valence-electron chi connectivity index (χ0n) is 24.0. The van der Waals surface area contributed by atoms with E-state index < -0.39 is 23.7 Å². The van der Waals surface area contributed by atoms with Gasteiger partial charge in [0.15, 0.2) is 5.76 Å². The van der Waals surface area contributed by atoms with E-state index in [0.717, 1.165) is 16.7 Å². The molecule has 4 aromatic rings. The molecule has 0 aliphatic carbocycles. The third-order valence-corrected chi connectivity index (χ3v) is 7.59. The number of aromatic nitrogens is 1. The fourth-order valence-electron chi connectivity index (χ4n) is 5.15. The summed E-state index contributed by atoms with van der Waals surface area (Å²) in [6, 6.07) is 17.7. The first-order chi connectivity index (χ1) is 20.7. The summed E-state index contributed by atoms with van der Waals surface area (Å²) in [4.78, 5) is 43.5. The quantitative estimate of drug-likeness (QED) is 0.241. The van der Waals surface area contributed by atoms with E-state index in [1.54, 1.807) is 24.4 Å². The van der Waals surface area contributed by atoms with Gasteiger partial charge in [-0.2, -0.15) is 0 Å². The first-order valence-corrected chi connectivity index (χ1v) is 14.1. The van der Waals surface area contributed by atoms with Crippen molar-refractivity contribution in [1.82, 2.24) is 10.3 Å². The van der Waals surface area contributed by atoms with Crippen molar-refractivity contribution < 1.29 is 28.3 Å². The van der Waals surface area contributed by atoms with Crippen molar-refractivity contribution >= 4 is 29.3 Å². The van der Waals surface area contributed by atoms with Crippen LogP contribution in [0, 0.1) is 25.6 Å². The van der Waals surface area contributed by atoms with Crippen LogP contribution in [0.25, 0.3) is 11.3 Å². The molecule has 1 atom stereocenters. The van der Waals surface area contributed by atoms with Gasteiger partial charge >= 0.3 is 5.97 Å². The highest BCUT2D eigenvalue weighted by Gasteiger charge is 2.28. The van der Waals surface area contributed by atoms with E-state index in [9.17, 15) is 19.5 Å². The number of carboxylic acid groups (broad SMARTS) is 1. The molecule has 3 N–H and O–H groups in total. The van der Waals surface area contributed by atoms with Crippen LogP contribution in [-0.4, -0.2) is 47.0 Å². The molecule has 2 amide bonds. The SMILES string of the molecule is Cc1ccc(-c2ccc(C(=O)NC(Cc3ccc(N4CCC(C(=O)Nc5cc(C)ccn5)CC4)c(F)c3)C(=O)O)o2)cc1. The van der Waals surface area contributed by atoms with E-state index in [2.05, 4.69) is 15.6 Å². The van der Waals surface area contributed by atoms with E-state index in [1.807, 2.05) is 55.1 Å². The van der Waals surface area contributed by atoms with Crippen LogP contribution in [-0.2, 0) is 16.0 Å². The van der Waals surface area contributed by atoms with Gasteiger partial charge in [0.2, 0.25) is 5.91 Å². The van der Waals surface area contributed by atoms with Gasteiger partial charge in [-0.3, -0.25) is 9.59 Å². The Morgan fingerprint density at radius 3 is 2.42 bits per heavy atom. The zero-order chi connectivity index (χ0) is 30.5. The Hall–Kier alpha value is -4.99. The minimum Gasteiger partial charge on any atom is -0.480 e. The van der Waals surface area contributed by atoms with Gasteiger partial charge in [-0.25, -0.2) is 14.2 Å². The molecular formula is C33H33FN4O5. The van der Waals surface area contributed by atoms with Crippen LogP contribution in [0.15, 0.2) is 77.3 Å². The molecule has 1 aliphatic rings. The molecule has 1 fully saturated rings. The smallest absolute Gasteiger partial charge is 0.326 e. The molecule has 0 spiro atoms. The summed E-state index contributed by atoms with van der Waals surface area (Å²) in [6.07, 6.45) is 2.65. The summed E-state index contributed by atoms with van der Waals surface area (Å²) >= 11 is 0. The number of hydrogen-bond acceptors (Lipinski definition) is 6. The number of piperidine rings is 1. The molecule has 0 saturated carbocycles. The number of carbonyl (C=O) groups is 3. The lowest BCUT2D eigenvalue weighted by Gasteiger charge is -2.33. The first-order valence-electron chi connectivity index (χ1n) is 14.1. The number of halogens is 1. The van der Waals surface area contributed by atoms with Gasteiger partial charge in [0.25, 0.3) is 5.91 Å². The summed E-state index contributed by atoms with van der Waals surface area (Å²) in [5, 5.41) is 15.1. The van der Waals surface area contributed by atoms with Crippen LogP contribution in [0.4, 0.5) is 15.9 Å². The molecule has 0 bridgehead atoms. The van der Waals surface area contributed by atoms with Gasteiger partial charge in [0.05, 0.1) is 5.69 Å². The number of carboxylic acids is 1. The number of carbonyl (C=O) groups excluding carboxylic acids is 2. The number of nitrogens with one attached hydrogen (secondary N) is 2. The third kappa shape index (κ3) is 7.27. The van der Waals surface area contributed by atoms with Crippen molar-refractivity contribution in [2.75, 3.05) is 23.3 Å². The van der Waals surface area contributed by atoms with Crippen LogP contribution >= 0.6 is 0 Å². The van der Waals surface area contributed by atoms with Crippen LogP contribution < -0.4 is 15.5 Å². The molecule has 1 unspecified atom stereocenters. The topological polar surface area (TPSA) is 125 Å². The highest BCUT2D eigenvalue weighted by Crippen LogP contribution is 2.28. The second kappa shape index (κ2) is 12.9. The molecule has 1 saturated heterocycles. The van der Waals surface area contributed by atoms with E-state index in [4.69, 9.17) is 4.42 Å². The summed E-state index contributed by atoms with van der Waals surface area (Å²) in [5.41, 5.74) is 3.69. The molecule has 9 nitrogen and oxygen atoms in total. The van der Waals surface area contributed by atoms with E-state index in [-0.39, 0.29) is 24.0 Å². The molecule has 2 aromatic carbocycles. The molecule has 5 rings (SSSR count). The van der Waals surface area contributed by atoms with Gasteiger partial charge < -0.3 is 25.1 Å². The van der Waals surface area contributed by atoms with Crippen molar-refractivity contribution in [2.45, 2.75) is 39.2 Å². The highest BCUT2D eigenvalue weighted by molar-refractivity contribution is 5.95. The number of nitrogens with zero attached hydrogens (tertiary/aromatic N) is 2. The van der Waals surface area contributed by atoms with Gasteiger partial charge in [-0.15, -0.1) is 0 Å². The Bertz CT molecular complexity index is 1630. The summed E-state index contributed by atoms with van der Waals surface area (Å²) < 4.78 is 20.9. The van der Waals surface area contributed by atoms with E-state index in [1.165, 1.54) is 12.1 Å². The van der Waals surface area contributed by atoms with Gasteiger partial charge in [0, 0.05) is 37.2 Å². The molecule has 0 radical (unpaired) electrons. The summed E-state index contributed by atoms with van der Waals surface area (Å²) in [7, 11) is 0. The fraction of sp³-hybridized carbons (Fsp3) is 0.273. The Labute approximate surface area is 248 Å². The standard InChI is InChI=1S/C33H33FN4O5/c1-20-3-6-23(7-4-20)28-9-10-29(43-28)32(40)36-26(33(41)42)19-22-5-8-27(25(34)18-22)38-15-12-24(13-16-38)31(39)37-30-17-21(2)11-14-35-30/h3-11,14,17-18,24,26H,12-13,15-16,19H2,1-2H3,(H,36,40)(H,41,42)(H,35,37,39). The molecule has 1 aliphatic heterocycles. The van der Waals surface area contributed by atoms with E-state index in [0.29, 0.717) is 48.8 Å². The summed E-state index contributed by atoms with van der Waals surface area (Å²) in [6.45, 7) is 4.89. The Morgan fingerprint density at radius 2 is 1.74 bits per heavy atom. The average molecular weight is 585 g/mol. The van der Waals surface area contributed by atoms with Crippen LogP contribution in [0.3, 0.4) is 0 Å². The van der Waals surface area contributed by atoms with E-state index >= 15 is 4.39 Å². The van der Waals surface area contributed by atoms with Gasteiger partial charge in [0.1, 0.15) is 23.4 Å². The monoisotopic (exact) mass is 584 g/mol.